The molecule has 82 valence electrons. The zero-order valence-electron chi connectivity index (χ0n) is 9.26. The van der Waals surface area contributed by atoms with Gasteiger partial charge in [0.05, 0.1) is 0 Å². The molecule has 1 unspecified atom stereocenters. The van der Waals surface area contributed by atoms with E-state index in [9.17, 15) is 0 Å². The summed E-state index contributed by atoms with van der Waals surface area (Å²) in [5, 5.41) is 3.44. The summed E-state index contributed by atoms with van der Waals surface area (Å²) in [6, 6.07) is 7.15. The Balaban J connectivity index is 2.24. The zero-order valence-corrected chi connectivity index (χ0v) is 10.8. The normalized spacial score (nSPS) is 23.0. The molecule has 0 amide bonds. The van der Waals surface area contributed by atoms with Crippen molar-refractivity contribution < 1.29 is 0 Å². The Bertz CT molecular complexity index is 351. The highest BCUT2D eigenvalue weighted by Crippen LogP contribution is 2.25. The van der Waals surface area contributed by atoms with E-state index in [0.29, 0.717) is 6.04 Å². The maximum Gasteiger partial charge on any atom is 0.0470 e. The van der Waals surface area contributed by atoms with Crippen LogP contribution in [0.3, 0.4) is 0 Å². The first-order valence-corrected chi connectivity index (χ1v) is 6.15. The van der Waals surface area contributed by atoms with Gasteiger partial charge in [-0.25, -0.2) is 0 Å². The molecule has 2 rings (SSSR count). The van der Waals surface area contributed by atoms with Crippen LogP contribution in [0.1, 0.15) is 17.2 Å². The van der Waals surface area contributed by atoms with Gasteiger partial charge in [0, 0.05) is 30.1 Å². The first-order valence-electron chi connectivity index (χ1n) is 5.35. The fourth-order valence-electron chi connectivity index (χ4n) is 2.05. The van der Waals surface area contributed by atoms with Gasteiger partial charge in [0.1, 0.15) is 0 Å². The number of aryl methyl sites for hydroxylation is 1. The van der Waals surface area contributed by atoms with Gasteiger partial charge in [0.15, 0.2) is 0 Å². The molecular weight excluding hydrogens is 252 g/mol. The highest BCUT2D eigenvalue weighted by molar-refractivity contribution is 9.10. The van der Waals surface area contributed by atoms with E-state index in [1.165, 1.54) is 15.6 Å². The number of nitrogens with one attached hydrogen (secondary N) is 1. The van der Waals surface area contributed by atoms with E-state index in [-0.39, 0.29) is 0 Å². The maximum atomic E-state index is 3.54. The van der Waals surface area contributed by atoms with Gasteiger partial charge in [-0.2, -0.15) is 0 Å². The minimum absolute atomic E-state index is 0.519. The molecule has 2 nitrogen and oxygen atoms in total. The number of rotatable bonds is 1. The smallest absolute Gasteiger partial charge is 0.0470 e. The standard InChI is InChI=1S/C12H17BrN2/c1-9-7-10(3-4-11(9)13)12-8-14-5-6-15(12)2/h3-4,7,12,14H,5-6,8H2,1-2H3. The molecule has 1 saturated heterocycles. The highest BCUT2D eigenvalue weighted by atomic mass is 79.9. The van der Waals surface area contributed by atoms with Crippen molar-refractivity contribution in [3.8, 4) is 0 Å². The first-order chi connectivity index (χ1) is 7.18. The van der Waals surface area contributed by atoms with E-state index in [2.05, 4.69) is 58.3 Å². The van der Waals surface area contributed by atoms with Crippen LogP contribution in [0.15, 0.2) is 22.7 Å². The molecule has 1 aliphatic heterocycles. The van der Waals surface area contributed by atoms with Crippen molar-refractivity contribution in [2.45, 2.75) is 13.0 Å². The minimum atomic E-state index is 0.519. The zero-order chi connectivity index (χ0) is 10.8. The van der Waals surface area contributed by atoms with Crippen LogP contribution in [0.4, 0.5) is 0 Å². The van der Waals surface area contributed by atoms with Gasteiger partial charge < -0.3 is 5.32 Å². The first kappa shape index (κ1) is 11.1. The number of hydrogen-bond donors (Lipinski definition) is 1. The molecule has 0 aromatic heterocycles. The molecule has 0 aliphatic carbocycles. The van der Waals surface area contributed by atoms with Crippen LogP contribution in [-0.4, -0.2) is 31.6 Å². The Hall–Kier alpha value is -0.380. The van der Waals surface area contributed by atoms with Crippen molar-refractivity contribution in [3.63, 3.8) is 0 Å². The van der Waals surface area contributed by atoms with Crippen molar-refractivity contribution >= 4 is 15.9 Å². The van der Waals surface area contributed by atoms with Crippen LogP contribution in [-0.2, 0) is 0 Å². The molecule has 1 aliphatic rings. The van der Waals surface area contributed by atoms with E-state index >= 15 is 0 Å². The van der Waals surface area contributed by atoms with Gasteiger partial charge >= 0.3 is 0 Å². The van der Waals surface area contributed by atoms with Crippen molar-refractivity contribution in [3.05, 3.63) is 33.8 Å². The van der Waals surface area contributed by atoms with Gasteiger partial charge in [0.25, 0.3) is 0 Å². The average molecular weight is 269 g/mol. The molecule has 15 heavy (non-hydrogen) atoms. The van der Waals surface area contributed by atoms with Crippen LogP contribution in [0, 0.1) is 6.92 Å². The SMILES string of the molecule is Cc1cc(C2CNCCN2C)ccc1Br. The van der Waals surface area contributed by atoms with Crippen molar-refractivity contribution in [1.82, 2.24) is 10.2 Å². The molecule has 1 aromatic rings. The predicted molar refractivity (Wildman–Crippen MR) is 67.1 cm³/mol. The number of hydrogen-bond acceptors (Lipinski definition) is 2. The number of likely N-dealkylation sites (N-methyl/N-ethyl adjacent to an activating group) is 1. The van der Waals surface area contributed by atoms with Gasteiger partial charge in [0.2, 0.25) is 0 Å². The fraction of sp³-hybridized carbons (Fsp3) is 0.500. The lowest BCUT2D eigenvalue weighted by Gasteiger charge is -2.33. The molecule has 0 bridgehead atoms. The Morgan fingerprint density at radius 1 is 1.47 bits per heavy atom. The van der Waals surface area contributed by atoms with E-state index in [0.717, 1.165) is 19.6 Å². The highest BCUT2D eigenvalue weighted by Gasteiger charge is 2.20. The second kappa shape index (κ2) is 4.64. The monoisotopic (exact) mass is 268 g/mol. The Morgan fingerprint density at radius 2 is 2.27 bits per heavy atom. The van der Waals surface area contributed by atoms with Gasteiger partial charge in [-0.3, -0.25) is 4.90 Å². The molecule has 1 fully saturated rings. The number of halogens is 1. The van der Waals surface area contributed by atoms with Gasteiger partial charge in [-0.1, -0.05) is 28.1 Å². The molecule has 0 radical (unpaired) electrons. The van der Waals surface area contributed by atoms with E-state index < -0.39 is 0 Å². The van der Waals surface area contributed by atoms with Crippen LogP contribution < -0.4 is 5.32 Å². The summed E-state index contributed by atoms with van der Waals surface area (Å²) in [4.78, 5) is 2.42. The van der Waals surface area contributed by atoms with E-state index in [1.807, 2.05) is 0 Å². The summed E-state index contributed by atoms with van der Waals surface area (Å²) in [7, 11) is 2.20. The lowest BCUT2D eigenvalue weighted by molar-refractivity contribution is 0.202. The number of piperazine rings is 1. The summed E-state index contributed by atoms with van der Waals surface area (Å²) in [6.07, 6.45) is 0. The maximum absolute atomic E-state index is 3.54. The quantitative estimate of drug-likeness (QED) is 0.841. The largest absolute Gasteiger partial charge is 0.314 e. The van der Waals surface area contributed by atoms with Gasteiger partial charge in [-0.15, -0.1) is 0 Å². The van der Waals surface area contributed by atoms with Crippen molar-refractivity contribution in [1.29, 1.82) is 0 Å². The second-order valence-electron chi connectivity index (χ2n) is 4.21. The van der Waals surface area contributed by atoms with Crippen molar-refractivity contribution in [2.75, 3.05) is 26.7 Å². The summed E-state index contributed by atoms with van der Waals surface area (Å²) >= 11 is 3.54. The molecule has 3 heteroatoms. The van der Waals surface area contributed by atoms with Crippen LogP contribution in [0.2, 0.25) is 0 Å². The number of nitrogens with zero attached hydrogens (tertiary/aromatic N) is 1. The van der Waals surface area contributed by atoms with Crippen LogP contribution in [0.25, 0.3) is 0 Å². The molecule has 0 spiro atoms. The summed E-state index contributed by atoms with van der Waals surface area (Å²) < 4.78 is 1.19. The third-order valence-corrected chi connectivity index (χ3v) is 3.97. The minimum Gasteiger partial charge on any atom is -0.314 e. The fourth-order valence-corrected chi connectivity index (χ4v) is 2.30. The van der Waals surface area contributed by atoms with E-state index in [4.69, 9.17) is 0 Å². The Morgan fingerprint density at radius 3 is 2.93 bits per heavy atom. The second-order valence-corrected chi connectivity index (χ2v) is 5.06. The average Bonchev–Trinajstić information content (AvgIpc) is 2.23. The van der Waals surface area contributed by atoms with Crippen molar-refractivity contribution in [2.24, 2.45) is 0 Å². The Kier molecular flexibility index (Phi) is 3.44. The molecule has 1 N–H and O–H groups in total. The third kappa shape index (κ3) is 2.41. The molecule has 1 heterocycles. The predicted octanol–water partition coefficient (Wildman–Crippen LogP) is 2.33. The molecule has 1 atom stereocenters. The van der Waals surface area contributed by atoms with E-state index in [1.54, 1.807) is 0 Å². The Labute approximate surface area is 99.8 Å². The summed E-state index contributed by atoms with van der Waals surface area (Å²) in [6.45, 7) is 5.42. The molecular formula is C12H17BrN2. The summed E-state index contributed by atoms with van der Waals surface area (Å²) in [5.74, 6) is 0. The molecule has 0 saturated carbocycles. The van der Waals surface area contributed by atoms with Crippen LogP contribution in [0.5, 0.6) is 0 Å². The summed E-state index contributed by atoms with van der Waals surface area (Å²) in [5.41, 5.74) is 2.72. The lowest BCUT2D eigenvalue weighted by atomic mass is 10.0. The lowest BCUT2D eigenvalue weighted by Crippen LogP contribution is -2.43. The third-order valence-electron chi connectivity index (χ3n) is 3.08. The number of benzene rings is 1. The van der Waals surface area contributed by atoms with Gasteiger partial charge in [-0.05, 0) is 31.2 Å². The molecule has 1 aromatic carbocycles. The van der Waals surface area contributed by atoms with Crippen LogP contribution >= 0.6 is 15.9 Å². The topological polar surface area (TPSA) is 15.3 Å².